The number of benzene rings is 2. The zero-order valence-corrected chi connectivity index (χ0v) is 15.3. The summed E-state index contributed by atoms with van der Waals surface area (Å²) in [4.78, 5) is 0. The van der Waals surface area contributed by atoms with Gasteiger partial charge in [-0.3, -0.25) is 0 Å². The summed E-state index contributed by atoms with van der Waals surface area (Å²) < 4.78 is 5.98. The van der Waals surface area contributed by atoms with E-state index in [9.17, 15) is 20.4 Å². The Kier molecular flexibility index (Phi) is 6.21. The highest BCUT2D eigenvalue weighted by Gasteiger charge is 2.44. The summed E-state index contributed by atoms with van der Waals surface area (Å²) in [7, 11) is 0. The first-order valence-electron chi connectivity index (χ1n) is 8.60. The maximum absolute atomic E-state index is 10.3. The van der Waals surface area contributed by atoms with E-state index in [1.165, 1.54) is 5.56 Å². The molecule has 0 aliphatic carbocycles. The third kappa shape index (κ3) is 4.22. The molecule has 1 fully saturated rings. The minimum atomic E-state index is -1.36. The van der Waals surface area contributed by atoms with Crippen LogP contribution in [0.15, 0.2) is 48.5 Å². The topological polar surface area (TPSA) is 90.2 Å². The monoisotopic (exact) mass is 376 g/mol. The zero-order valence-electron chi connectivity index (χ0n) is 14.5. The number of rotatable bonds is 5. The van der Waals surface area contributed by atoms with Crippen molar-refractivity contribution in [2.45, 2.75) is 42.3 Å². The van der Waals surface area contributed by atoms with Crippen LogP contribution >= 0.6 is 11.8 Å². The van der Waals surface area contributed by atoms with E-state index in [0.29, 0.717) is 12.2 Å². The Labute approximate surface area is 157 Å². The molecule has 5 atom stereocenters. The van der Waals surface area contributed by atoms with E-state index in [0.717, 1.165) is 22.9 Å². The van der Waals surface area contributed by atoms with E-state index in [2.05, 4.69) is 24.3 Å². The van der Waals surface area contributed by atoms with E-state index < -0.39 is 29.0 Å². The van der Waals surface area contributed by atoms with Crippen molar-refractivity contribution in [2.24, 2.45) is 0 Å². The van der Waals surface area contributed by atoms with Crippen LogP contribution in [0, 0.1) is 6.92 Å². The standard InChI is InChI=1S/C20H24O5S/c1-12-6-8-13(9-7-12)10-14-4-2-3-5-15(14)25-20-19(24)18(23)17(22)16(11-21)26-20/h2-9,16-24H,10-11H2,1H3/t16-,17+,18-,19+,20-/m0/s1. The molecule has 0 amide bonds. The third-order valence-corrected chi connectivity index (χ3v) is 6.00. The van der Waals surface area contributed by atoms with Gasteiger partial charge in [-0.1, -0.05) is 48.0 Å². The number of hydrogen-bond donors (Lipinski definition) is 4. The number of hydrogen-bond acceptors (Lipinski definition) is 6. The average molecular weight is 376 g/mol. The van der Waals surface area contributed by atoms with Crippen LogP contribution < -0.4 is 4.74 Å². The number of aliphatic hydroxyl groups is 4. The van der Waals surface area contributed by atoms with Gasteiger partial charge in [0.2, 0.25) is 0 Å². The first-order chi connectivity index (χ1) is 12.5. The van der Waals surface area contributed by atoms with Gasteiger partial charge in [-0.25, -0.2) is 0 Å². The summed E-state index contributed by atoms with van der Waals surface area (Å²) in [6.45, 7) is 1.74. The molecule has 1 aliphatic rings. The molecule has 1 heterocycles. The summed E-state index contributed by atoms with van der Waals surface area (Å²) in [5.74, 6) is 0.616. The number of aliphatic hydroxyl groups excluding tert-OH is 4. The normalized spacial score (nSPS) is 28.7. The van der Waals surface area contributed by atoms with Crippen LogP contribution in [-0.2, 0) is 6.42 Å². The lowest BCUT2D eigenvalue weighted by molar-refractivity contribution is -0.0910. The van der Waals surface area contributed by atoms with Crippen LogP contribution in [0.2, 0.25) is 0 Å². The lowest BCUT2D eigenvalue weighted by Gasteiger charge is -2.39. The molecule has 5 nitrogen and oxygen atoms in total. The van der Waals surface area contributed by atoms with Gasteiger partial charge in [0.25, 0.3) is 0 Å². The maximum Gasteiger partial charge on any atom is 0.173 e. The molecular formula is C20H24O5S. The molecule has 140 valence electrons. The number of thioether (sulfide) groups is 1. The fourth-order valence-corrected chi connectivity index (χ4v) is 4.21. The summed E-state index contributed by atoms with van der Waals surface area (Å²) in [5, 5.41) is 39.0. The highest BCUT2D eigenvalue weighted by atomic mass is 32.2. The molecule has 0 bridgehead atoms. The van der Waals surface area contributed by atoms with Gasteiger partial charge in [0.05, 0.1) is 18.0 Å². The first kappa shape index (κ1) is 19.2. The van der Waals surface area contributed by atoms with Crippen molar-refractivity contribution in [3.63, 3.8) is 0 Å². The molecule has 0 saturated carbocycles. The van der Waals surface area contributed by atoms with Gasteiger partial charge >= 0.3 is 0 Å². The Morgan fingerprint density at radius 2 is 1.62 bits per heavy atom. The minimum absolute atomic E-state index is 0.305. The lowest BCUT2D eigenvalue weighted by Crippen LogP contribution is -2.55. The fourth-order valence-electron chi connectivity index (χ4n) is 2.98. The average Bonchev–Trinajstić information content (AvgIpc) is 2.65. The second kappa shape index (κ2) is 8.41. The fraction of sp³-hybridized carbons (Fsp3) is 0.400. The predicted molar refractivity (Wildman–Crippen MR) is 101 cm³/mol. The summed E-state index contributed by atoms with van der Waals surface area (Å²) in [5.41, 5.74) is 2.53. The van der Waals surface area contributed by atoms with Gasteiger partial charge in [-0.2, -0.15) is 0 Å². The molecular weight excluding hydrogens is 352 g/mol. The molecule has 0 spiro atoms. The van der Waals surface area contributed by atoms with Crippen molar-refractivity contribution in [1.82, 2.24) is 0 Å². The Bertz CT molecular complexity index is 718. The van der Waals surface area contributed by atoms with E-state index in [-0.39, 0.29) is 6.61 Å². The summed E-state index contributed by atoms with van der Waals surface area (Å²) in [6, 6.07) is 15.8. The molecule has 0 radical (unpaired) electrons. The Morgan fingerprint density at radius 1 is 0.923 bits per heavy atom. The van der Waals surface area contributed by atoms with Crippen molar-refractivity contribution in [3.8, 4) is 5.75 Å². The van der Waals surface area contributed by atoms with Crippen molar-refractivity contribution in [2.75, 3.05) is 6.61 Å². The molecule has 4 N–H and O–H groups in total. The predicted octanol–water partition coefficient (Wildman–Crippen LogP) is 1.48. The van der Waals surface area contributed by atoms with Crippen molar-refractivity contribution in [1.29, 1.82) is 0 Å². The Balaban J connectivity index is 1.78. The maximum atomic E-state index is 10.3. The van der Waals surface area contributed by atoms with Crippen LogP contribution in [0.3, 0.4) is 0 Å². The molecule has 0 aromatic heterocycles. The number of para-hydroxylation sites is 1. The molecule has 3 rings (SSSR count). The van der Waals surface area contributed by atoms with Crippen LogP contribution in [-0.4, -0.2) is 56.0 Å². The Hall–Kier alpha value is -1.57. The molecule has 2 aromatic carbocycles. The first-order valence-corrected chi connectivity index (χ1v) is 9.54. The van der Waals surface area contributed by atoms with Crippen LogP contribution in [0.4, 0.5) is 0 Å². The van der Waals surface area contributed by atoms with Gasteiger partial charge in [-0.15, -0.1) is 11.8 Å². The van der Waals surface area contributed by atoms with Crippen LogP contribution in [0.5, 0.6) is 5.75 Å². The largest absolute Gasteiger partial charge is 0.477 e. The number of ether oxygens (including phenoxy) is 1. The van der Waals surface area contributed by atoms with Crippen molar-refractivity contribution < 1.29 is 25.2 Å². The van der Waals surface area contributed by atoms with E-state index in [1.807, 2.05) is 31.2 Å². The zero-order chi connectivity index (χ0) is 18.7. The highest BCUT2D eigenvalue weighted by molar-refractivity contribution is 8.00. The molecule has 2 aromatic rings. The van der Waals surface area contributed by atoms with Crippen molar-refractivity contribution in [3.05, 3.63) is 65.2 Å². The van der Waals surface area contributed by atoms with Crippen molar-refractivity contribution >= 4 is 11.8 Å². The second-order valence-electron chi connectivity index (χ2n) is 6.59. The molecule has 26 heavy (non-hydrogen) atoms. The van der Waals surface area contributed by atoms with Gasteiger partial charge in [-0.05, 0) is 24.1 Å². The van der Waals surface area contributed by atoms with Gasteiger partial charge in [0.1, 0.15) is 18.0 Å². The smallest absolute Gasteiger partial charge is 0.173 e. The minimum Gasteiger partial charge on any atom is -0.477 e. The van der Waals surface area contributed by atoms with Crippen LogP contribution in [0.1, 0.15) is 16.7 Å². The summed E-state index contributed by atoms with van der Waals surface area (Å²) >= 11 is 1.13. The third-order valence-electron chi connectivity index (χ3n) is 4.58. The highest BCUT2D eigenvalue weighted by Crippen LogP contribution is 2.35. The van der Waals surface area contributed by atoms with E-state index >= 15 is 0 Å². The number of aryl methyl sites for hydroxylation is 1. The Morgan fingerprint density at radius 3 is 2.31 bits per heavy atom. The second-order valence-corrected chi connectivity index (χ2v) is 7.93. The SMILES string of the molecule is Cc1ccc(Cc2ccccc2O[C@H]2S[C@@H](CO)[C@@H](O)[C@H](O)[C@H]2O)cc1. The summed E-state index contributed by atoms with van der Waals surface area (Å²) in [6.07, 6.45) is -3.12. The van der Waals surface area contributed by atoms with Gasteiger partial charge in [0.15, 0.2) is 5.44 Å². The van der Waals surface area contributed by atoms with Gasteiger partial charge < -0.3 is 25.2 Å². The van der Waals surface area contributed by atoms with Gasteiger partial charge in [0, 0.05) is 6.42 Å². The van der Waals surface area contributed by atoms with E-state index in [1.54, 1.807) is 0 Å². The quantitative estimate of drug-likeness (QED) is 0.632. The molecule has 1 saturated heterocycles. The molecule has 6 heteroatoms. The molecule has 0 unspecified atom stereocenters. The lowest BCUT2D eigenvalue weighted by atomic mass is 10.0. The van der Waals surface area contributed by atoms with Crippen LogP contribution in [0.25, 0.3) is 0 Å². The molecule has 1 aliphatic heterocycles. The van der Waals surface area contributed by atoms with E-state index in [4.69, 9.17) is 4.74 Å².